The van der Waals surface area contributed by atoms with Gasteiger partial charge in [0.25, 0.3) is 0 Å². The average Bonchev–Trinajstić information content (AvgIpc) is 2.88. The van der Waals surface area contributed by atoms with E-state index in [4.69, 9.17) is 0 Å². The van der Waals surface area contributed by atoms with Crippen LogP contribution in [0.2, 0.25) is 0 Å². The predicted octanol–water partition coefficient (Wildman–Crippen LogP) is 0.334. The Morgan fingerprint density at radius 3 is 2.86 bits per heavy atom. The van der Waals surface area contributed by atoms with Crippen LogP contribution < -0.4 is 0 Å². The smallest absolute Gasteiger partial charge is 0.217 e. The highest BCUT2D eigenvalue weighted by atomic mass is 32.2. The third-order valence-corrected chi connectivity index (χ3v) is 4.62. The molecule has 1 aromatic heterocycles. The molecular weight excluding hydrogens is 202 g/mol. The molecule has 1 aliphatic carbocycles. The van der Waals surface area contributed by atoms with Crippen LogP contribution in [0.1, 0.15) is 18.7 Å². The SMILES string of the molecule is CN(Cc1ncc[nH]1)S(=O)(=O)C1CC1. The van der Waals surface area contributed by atoms with Crippen LogP contribution in [0.4, 0.5) is 0 Å². The summed E-state index contributed by atoms with van der Waals surface area (Å²) in [6.45, 7) is 0.325. The molecule has 14 heavy (non-hydrogen) atoms. The maximum atomic E-state index is 11.7. The number of imidazole rings is 1. The monoisotopic (exact) mass is 215 g/mol. The van der Waals surface area contributed by atoms with E-state index in [0.717, 1.165) is 12.8 Å². The van der Waals surface area contributed by atoms with Gasteiger partial charge < -0.3 is 4.98 Å². The molecule has 1 fully saturated rings. The quantitative estimate of drug-likeness (QED) is 0.787. The second-order valence-electron chi connectivity index (χ2n) is 3.54. The summed E-state index contributed by atoms with van der Waals surface area (Å²) in [5, 5.41) is -0.150. The summed E-state index contributed by atoms with van der Waals surface area (Å²) in [6.07, 6.45) is 4.90. The fraction of sp³-hybridized carbons (Fsp3) is 0.625. The predicted molar refractivity (Wildman–Crippen MR) is 52.0 cm³/mol. The minimum Gasteiger partial charge on any atom is -0.347 e. The van der Waals surface area contributed by atoms with Gasteiger partial charge in [-0.15, -0.1) is 0 Å². The number of sulfonamides is 1. The van der Waals surface area contributed by atoms with Crippen molar-refractivity contribution in [2.24, 2.45) is 0 Å². The first kappa shape index (κ1) is 9.67. The molecule has 0 saturated heterocycles. The Bertz CT molecular complexity index is 394. The first-order valence-corrected chi connectivity index (χ1v) is 6.04. The number of H-pyrrole nitrogens is 1. The first-order chi connectivity index (χ1) is 6.60. The highest BCUT2D eigenvalue weighted by Crippen LogP contribution is 2.30. The van der Waals surface area contributed by atoms with Gasteiger partial charge in [-0.05, 0) is 12.8 Å². The molecular formula is C8H13N3O2S. The molecule has 0 bridgehead atoms. The largest absolute Gasteiger partial charge is 0.347 e. The topological polar surface area (TPSA) is 66.1 Å². The van der Waals surface area contributed by atoms with E-state index in [1.807, 2.05) is 0 Å². The minimum atomic E-state index is -3.07. The van der Waals surface area contributed by atoms with Crippen LogP contribution in [0.15, 0.2) is 12.4 Å². The normalized spacial score (nSPS) is 17.6. The van der Waals surface area contributed by atoms with Crippen molar-refractivity contribution in [3.63, 3.8) is 0 Å². The second kappa shape index (κ2) is 3.36. The molecule has 1 N–H and O–H groups in total. The number of nitrogens with one attached hydrogen (secondary N) is 1. The number of aromatic amines is 1. The molecule has 0 spiro atoms. The summed E-state index contributed by atoms with van der Waals surface area (Å²) in [5.41, 5.74) is 0. The Balaban J connectivity index is 2.05. The Hall–Kier alpha value is -0.880. The van der Waals surface area contributed by atoms with E-state index in [0.29, 0.717) is 12.4 Å². The molecule has 1 aliphatic rings. The summed E-state index contributed by atoms with van der Waals surface area (Å²) < 4.78 is 24.8. The van der Waals surface area contributed by atoms with Crippen LogP contribution in [0, 0.1) is 0 Å². The average molecular weight is 215 g/mol. The molecule has 0 radical (unpaired) electrons. The molecule has 0 aliphatic heterocycles. The lowest BCUT2D eigenvalue weighted by molar-refractivity contribution is 0.457. The van der Waals surface area contributed by atoms with Gasteiger partial charge in [0.05, 0.1) is 11.8 Å². The van der Waals surface area contributed by atoms with E-state index < -0.39 is 10.0 Å². The summed E-state index contributed by atoms with van der Waals surface area (Å²) in [4.78, 5) is 6.87. The van der Waals surface area contributed by atoms with Gasteiger partial charge in [0.2, 0.25) is 10.0 Å². The van der Waals surface area contributed by atoms with Crippen LogP contribution in [0.3, 0.4) is 0 Å². The summed E-state index contributed by atoms with van der Waals surface area (Å²) in [6, 6.07) is 0. The number of rotatable bonds is 4. The van der Waals surface area contributed by atoms with Crippen molar-refractivity contribution in [1.82, 2.24) is 14.3 Å². The molecule has 0 aromatic carbocycles. The molecule has 1 saturated carbocycles. The number of aromatic nitrogens is 2. The Morgan fingerprint density at radius 1 is 1.64 bits per heavy atom. The van der Waals surface area contributed by atoms with Crippen molar-refractivity contribution in [1.29, 1.82) is 0 Å². The molecule has 78 valence electrons. The molecule has 0 unspecified atom stereocenters. The molecule has 1 heterocycles. The zero-order valence-corrected chi connectivity index (χ0v) is 8.79. The van der Waals surface area contributed by atoms with Crippen molar-refractivity contribution in [2.45, 2.75) is 24.6 Å². The van der Waals surface area contributed by atoms with E-state index in [1.54, 1.807) is 19.4 Å². The van der Waals surface area contributed by atoms with Gasteiger partial charge in [-0.25, -0.2) is 13.4 Å². The van der Waals surface area contributed by atoms with Gasteiger partial charge in [0, 0.05) is 19.4 Å². The van der Waals surface area contributed by atoms with Crippen LogP contribution in [-0.4, -0.2) is 35.0 Å². The van der Waals surface area contributed by atoms with E-state index >= 15 is 0 Å². The Labute approximate surface area is 83.2 Å². The summed E-state index contributed by atoms with van der Waals surface area (Å²) >= 11 is 0. The van der Waals surface area contributed by atoms with Crippen molar-refractivity contribution < 1.29 is 8.42 Å². The van der Waals surface area contributed by atoms with E-state index in [9.17, 15) is 8.42 Å². The van der Waals surface area contributed by atoms with Crippen molar-refractivity contribution >= 4 is 10.0 Å². The van der Waals surface area contributed by atoms with Crippen LogP contribution in [0.25, 0.3) is 0 Å². The van der Waals surface area contributed by atoms with Gasteiger partial charge in [-0.1, -0.05) is 0 Å². The zero-order chi connectivity index (χ0) is 10.2. The molecule has 1 aromatic rings. The number of hydrogen-bond donors (Lipinski definition) is 1. The lowest BCUT2D eigenvalue weighted by Crippen LogP contribution is -2.29. The van der Waals surface area contributed by atoms with Crippen LogP contribution in [0.5, 0.6) is 0 Å². The zero-order valence-electron chi connectivity index (χ0n) is 7.97. The van der Waals surface area contributed by atoms with E-state index in [1.165, 1.54) is 4.31 Å². The Kier molecular flexibility index (Phi) is 2.32. The van der Waals surface area contributed by atoms with Crippen LogP contribution in [-0.2, 0) is 16.6 Å². The lowest BCUT2D eigenvalue weighted by atomic mass is 10.6. The highest BCUT2D eigenvalue weighted by Gasteiger charge is 2.38. The maximum Gasteiger partial charge on any atom is 0.217 e. The van der Waals surface area contributed by atoms with Gasteiger partial charge in [0.1, 0.15) is 5.82 Å². The third kappa shape index (κ3) is 1.80. The molecule has 6 heteroatoms. The van der Waals surface area contributed by atoms with Crippen molar-refractivity contribution in [3.8, 4) is 0 Å². The fourth-order valence-electron chi connectivity index (χ4n) is 1.31. The maximum absolute atomic E-state index is 11.7. The second-order valence-corrected chi connectivity index (χ2v) is 5.86. The van der Waals surface area contributed by atoms with Crippen molar-refractivity contribution in [3.05, 3.63) is 18.2 Å². The number of hydrogen-bond acceptors (Lipinski definition) is 3. The molecule has 0 amide bonds. The Morgan fingerprint density at radius 2 is 2.36 bits per heavy atom. The molecule has 5 nitrogen and oxygen atoms in total. The van der Waals surface area contributed by atoms with Gasteiger partial charge in [0.15, 0.2) is 0 Å². The fourth-order valence-corrected chi connectivity index (χ4v) is 2.85. The van der Waals surface area contributed by atoms with Crippen molar-refractivity contribution in [2.75, 3.05) is 7.05 Å². The standard InChI is InChI=1S/C8H13N3O2S/c1-11(6-8-9-4-5-10-8)14(12,13)7-2-3-7/h4-5,7H,2-3,6H2,1H3,(H,9,10). The minimum absolute atomic E-state index is 0.150. The highest BCUT2D eigenvalue weighted by molar-refractivity contribution is 7.90. The third-order valence-electron chi connectivity index (χ3n) is 2.31. The van der Waals surface area contributed by atoms with E-state index in [-0.39, 0.29) is 5.25 Å². The van der Waals surface area contributed by atoms with E-state index in [2.05, 4.69) is 9.97 Å². The van der Waals surface area contributed by atoms with Gasteiger partial charge in [-0.2, -0.15) is 4.31 Å². The summed E-state index contributed by atoms with van der Waals surface area (Å²) in [7, 11) is -1.48. The van der Waals surface area contributed by atoms with Gasteiger partial charge in [-0.3, -0.25) is 0 Å². The molecule has 2 rings (SSSR count). The lowest BCUT2D eigenvalue weighted by Gasteiger charge is -2.14. The summed E-state index contributed by atoms with van der Waals surface area (Å²) in [5.74, 6) is 0.678. The van der Waals surface area contributed by atoms with Gasteiger partial charge >= 0.3 is 0 Å². The number of nitrogens with zero attached hydrogens (tertiary/aromatic N) is 2. The first-order valence-electron chi connectivity index (χ1n) is 4.54. The molecule has 0 atom stereocenters. The van der Waals surface area contributed by atoms with Crippen LogP contribution >= 0.6 is 0 Å².